The monoisotopic (exact) mass is 254 g/mol. The maximum absolute atomic E-state index is 11.7. The number of methoxy groups -OCH3 is 1. The molecular formula is C12H18N2O4. The Hall–Kier alpha value is -1.85. The maximum atomic E-state index is 11.7. The molecule has 2 N–H and O–H groups in total. The topological polar surface area (TPSA) is 92.3 Å². The van der Waals surface area contributed by atoms with Crippen LogP contribution in [-0.2, 0) is 20.7 Å². The molecule has 0 aliphatic rings. The number of rotatable bonds is 6. The molecule has 0 fully saturated rings. The molecule has 0 aromatic carbocycles. The number of carbonyl (C=O) groups is 2. The average molecular weight is 254 g/mol. The number of aromatic nitrogens is 2. The summed E-state index contributed by atoms with van der Waals surface area (Å²) in [6.07, 6.45) is 2.28. The van der Waals surface area contributed by atoms with Crippen molar-refractivity contribution in [3.8, 4) is 0 Å². The van der Waals surface area contributed by atoms with E-state index < -0.39 is 23.8 Å². The Morgan fingerprint density at radius 1 is 1.50 bits per heavy atom. The predicted octanol–water partition coefficient (Wildman–Crippen LogP) is 1.16. The number of nitrogens with one attached hydrogen (secondary N) is 1. The van der Waals surface area contributed by atoms with Crippen LogP contribution in [-0.4, -0.2) is 34.1 Å². The van der Waals surface area contributed by atoms with Gasteiger partial charge in [0.15, 0.2) is 0 Å². The van der Waals surface area contributed by atoms with E-state index in [0.29, 0.717) is 12.8 Å². The summed E-state index contributed by atoms with van der Waals surface area (Å²) >= 11 is 0. The molecule has 0 radical (unpaired) electrons. The number of esters is 1. The molecule has 0 amide bonds. The van der Waals surface area contributed by atoms with Crippen LogP contribution in [0.3, 0.4) is 0 Å². The number of carbonyl (C=O) groups excluding carboxylic acids is 1. The lowest BCUT2D eigenvalue weighted by molar-refractivity contribution is -0.155. The fraction of sp³-hybridized carbons (Fsp3) is 0.583. The van der Waals surface area contributed by atoms with Gasteiger partial charge in [-0.3, -0.25) is 9.59 Å². The molecule has 2 atom stereocenters. The van der Waals surface area contributed by atoms with Crippen molar-refractivity contribution in [3.63, 3.8) is 0 Å². The summed E-state index contributed by atoms with van der Waals surface area (Å²) in [4.78, 5) is 29.9. The molecule has 1 heterocycles. The number of aryl methyl sites for hydroxylation is 1. The van der Waals surface area contributed by atoms with Gasteiger partial charge in [0, 0.05) is 18.3 Å². The number of hydrogen-bond donors (Lipinski definition) is 2. The average Bonchev–Trinajstić information content (AvgIpc) is 2.73. The van der Waals surface area contributed by atoms with E-state index in [0.717, 1.165) is 11.5 Å². The molecule has 0 spiro atoms. The van der Waals surface area contributed by atoms with Gasteiger partial charge in [-0.25, -0.2) is 4.98 Å². The third-order valence-electron chi connectivity index (χ3n) is 2.94. The maximum Gasteiger partial charge on any atom is 0.309 e. The lowest BCUT2D eigenvalue weighted by atomic mass is 9.86. The van der Waals surface area contributed by atoms with Gasteiger partial charge in [0.2, 0.25) is 0 Å². The van der Waals surface area contributed by atoms with Crippen LogP contribution >= 0.6 is 0 Å². The lowest BCUT2D eigenvalue weighted by Crippen LogP contribution is -2.32. The van der Waals surface area contributed by atoms with Crippen LogP contribution in [0.2, 0.25) is 0 Å². The first kappa shape index (κ1) is 14.2. The number of H-pyrrole nitrogens is 1. The van der Waals surface area contributed by atoms with E-state index in [4.69, 9.17) is 5.11 Å². The number of aromatic amines is 1. The molecule has 1 aromatic heterocycles. The van der Waals surface area contributed by atoms with Gasteiger partial charge in [-0.05, 0) is 13.3 Å². The Kier molecular flexibility index (Phi) is 4.88. The second kappa shape index (κ2) is 6.18. The van der Waals surface area contributed by atoms with Gasteiger partial charge in [0.05, 0.1) is 18.9 Å². The second-order valence-electron chi connectivity index (χ2n) is 4.18. The summed E-state index contributed by atoms with van der Waals surface area (Å²) in [5.74, 6) is -2.20. The number of nitrogens with zero attached hydrogens (tertiary/aromatic N) is 1. The smallest absolute Gasteiger partial charge is 0.309 e. The summed E-state index contributed by atoms with van der Waals surface area (Å²) in [5, 5.41) is 9.14. The van der Waals surface area contributed by atoms with Gasteiger partial charge in [-0.15, -0.1) is 0 Å². The molecule has 1 rings (SSSR count). The summed E-state index contributed by atoms with van der Waals surface area (Å²) in [6.45, 7) is 3.54. The van der Waals surface area contributed by atoms with Crippen molar-refractivity contribution >= 4 is 11.9 Å². The van der Waals surface area contributed by atoms with Crippen molar-refractivity contribution in [1.29, 1.82) is 0 Å². The standard InChI is InChI=1S/C12H18N2O4/c1-4-9(11(15)16)10(12(17)18-3)5-8-6-13-7(2)14-8/h6,9-10H,4-5H2,1-3H3,(H,13,14)(H,15,16)/t9-,10+/m0/s1. The van der Waals surface area contributed by atoms with E-state index in [-0.39, 0.29) is 0 Å². The van der Waals surface area contributed by atoms with Crippen molar-refractivity contribution in [3.05, 3.63) is 17.7 Å². The Morgan fingerprint density at radius 3 is 2.56 bits per heavy atom. The molecule has 0 saturated heterocycles. The van der Waals surface area contributed by atoms with E-state index in [1.54, 1.807) is 20.0 Å². The quantitative estimate of drug-likeness (QED) is 0.743. The summed E-state index contributed by atoms with van der Waals surface area (Å²) in [6, 6.07) is 0. The van der Waals surface area contributed by atoms with Crippen molar-refractivity contribution in [2.24, 2.45) is 11.8 Å². The molecule has 0 aliphatic carbocycles. The number of carboxylic acids is 1. The molecule has 100 valence electrons. The normalized spacial score (nSPS) is 13.9. The molecular weight excluding hydrogens is 236 g/mol. The van der Waals surface area contributed by atoms with Crippen molar-refractivity contribution in [2.75, 3.05) is 7.11 Å². The third-order valence-corrected chi connectivity index (χ3v) is 2.94. The highest BCUT2D eigenvalue weighted by Gasteiger charge is 2.33. The Bertz CT molecular complexity index is 427. The number of ether oxygens (including phenoxy) is 1. The molecule has 18 heavy (non-hydrogen) atoms. The molecule has 0 unspecified atom stereocenters. The van der Waals surface area contributed by atoms with Gasteiger partial charge in [0.25, 0.3) is 0 Å². The van der Waals surface area contributed by atoms with Gasteiger partial charge in [-0.2, -0.15) is 0 Å². The predicted molar refractivity (Wildman–Crippen MR) is 64.0 cm³/mol. The van der Waals surface area contributed by atoms with Crippen molar-refractivity contribution < 1.29 is 19.4 Å². The van der Waals surface area contributed by atoms with Gasteiger partial charge < -0.3 is 14.8 Å². The fourth-order valence-electron chi connectivity index (χ4n) is 1.98. The minimum absolute atomic E-state index is 0.290. The van der Waals surface area contributed by atoms with Crippen LogP contribution in [0, 0.1) is 18.8 Å². The zero-order valence-electron chi connectivity index (χ0n) is 10.8. The van der Waals surface area contributed by atoms with Crippen LogP contribution < -0.4 is 0 Å². The molecule has 1 aromatic rings. The van der Waals surface area contributed by atoms with Crippen LogP contribution in [0.4, 0.5) is 0 Å². The van der Waals surface area contributed by atoms with E-state index in [1.807, 2.05) is 0 Å². The zero-order valence-corrected chi connectivity index (χ0v) is 10.8. The van der Waals surface area contributed by atoms with Crippen molar-refractivity contribution in [2.45, 2.75) is 26.7 Å². The summed E-state index contributed by atoms with van der Waals surface area (Å²) in [5.41, 5.74) is 0.739. The van der Waals surface area contributed by atoms with Crippen LogP contribution in [0.1, 0.15) is 24.9 Å². The number of aliphatic carboxylic acids is 1. The van der Waals surface area contributed by atoms with Crippen LogP contribution in [0.5, 0.6) is 0 Å². The first-order valence-electron chi connectivity index (χ1n) is 5.80. The van der Waals surface area contributed by atoms with E-state index in [2.05, 4.69) is 14.7 Å². The van der Waals surface area contributed by atoms with E-state index >= 15 is 0 Å². The Balaban J connectivity index is 2.91. The zero-order chi connectivity index (χ0) is 13.7. The minimum atomic E-state index is -0.982. The molecule has 0 aliphatic heterocycles. The van der Waals surface area contributed by atoms with Crippen LogP contribution in [0.15, 0.2) is 6.20 Å². The lowest BCUT2D eigenvalue weighted by Gasteiger charge is -2.19. The highest BCUT2D eigenvalue weighted by Crippen LogP contribution is 2.22. The first-order valence-corrected chi connectivity index (χ1v) is 5.80. The Labute approximate surface area is 105 Å². The second-order valence-corrected chi connectivity index (χ2v) is 4.18. The highest BCUT2D eigenvalue weighted by atomic mass is 16.5. The SMILES string of the molecule is CC[C@H](C(=O)O)[C@@H](Cc1cnc(C)[nH]1)C(=O)OC. The van der Waals surface area contributed by atoms with Gasteiger partial charge in [-0.1, -0.05) is 6.92 Å². The molecule has 6 heteroatoms. The highest BCUT2D eigenvalue weighted by molar-refractivity contribution is 5.81. The number of imidazole rings is 1. The third kappa shape index (κ3) is 3.32. The number of hydrogen-bond acceptors (Lipinski definition) is 4. The molecule has 0 bridgehead atoms. The largest absolute Gasteiger partial charge is 0.481 e. The Morgan fingerprint density at radius 2 is 2.17 bits per heavy atom. The van der Waals surface area contributed by atoms with Crippen molar-refractivity contribution in [1.82, 2.24) is 9.97 Å². The number of carboxylic acid groups (broad SMARTS) is 1. The minimum Gasteiger partial charge on any atom is -0.481 e. The summed E-state index contributed by atoms with van der Waals surface area (Å²) in [7, 11) is 1.27. The summed E-state index contributed by atoms with van der Waals surface area (Å²) < 4.78 is 4.69. The molecule has 6 nitrogen and oxygen atoms in total. The van der Waals surface area contributed by atoms with E-state index in [9.17, 15) is 9.59 Å². The fourth-order valence-corrected chi connectivity index (χ4v) is 1.98. The van der Waals surface area contributed by atoms with E-state index in [1.165, 1.54) is 7.11 Å². The first-order chi connectivity index (χ1) is 8.49. The molecule has 0 saturated carbocycles. The van der Waals surface area contributed by atoms with Crippen LogP contribution in [0.25, 0.3) is 0 Å². The van der Waals surface area contributed by atoms with Gasteiger partial charge in [0.1, 0.15) is 5.82 Å². The van der Waals surface area contributed by atoms with Gasteiger partial charge >= 0.3 is 11.9 Å².